The van der Waals surface area contributed by atoms with Gasteiger partial charge in [-0.1, -0.05) is 12.1 Å². The van der Waals surface area contributed by atoms with Crippen molar-refractivity contribution in [3.63, 3.8) is 0 Å². The van der Waals surface area contributed by atoms with Crippen molar-refractivity contribution in [2.24, 2.45) is 0 Å². The third-order valence-corrected chi connectivity index (χ3v) is 4.20. The van der Waals surface area contributed by atoms with Crippen LogP contribution in [0.5, 0.6) is 0 Å². The Morgan fingerprint density at radius 1 is 1.53 bits per heavy atom. The highest BCUT2D eigenvalue weighted by Gasteiger charge is 2.27. The molecule has 2 unspecified atom stereocenters. The minimum Gasteiger partial charge on any atom is -0.465 e. The van der Waals surface area contributed by atoms with Crippen molar-refractivity contribution >= 4 is 17.7 Å². The Morgan fingerprint density at radius 3 is 3.00 bits per heavy atom. The maximum absolute atomic E-state index is 11.4. The van der Waals surface area contributed by atoms with E-state index < -0.39 is 0 Å². The molecule has 3 nitrogen and oxygen atoms in total. The van der Waals surface area contributed by atoms with Crippen LogP contribution in [0.4, 0.5) is 0 Å². The van der Waals surface area contributed by atoms with E-state index in [0.717, 1.165) is 11.3 Å². The molecule has 2 rings (SSSR count). The number of cyclic esters (lactones) is 1. The lowest BCUT2D eigenvalue weighted by Crippen LogP contribution is -2.12. The quantitative estimate of drug-likeness (QED) is 0.834. The van der Waals surface area contributed by atoms with Gasteiger partial charge < -0.3 is 10.1 Å². The number of ether oxygens (including phenoxy) is 1. The molecule has 0 aromatic heterocycles. The minimum absolute atomic E-state index is 0.0323. The normalized spacial score (nSPS) is 21.3. The van der Waals surface area contributed by atoms with Crippen LogP contribution in [0.1, 0.15) is 24.9 Å². The molecular weight excluding hydrogens is 234 g/mol. The van der Waals surface area contributed by atoms with Gasteiger partial charge in [0.2, 0.25) is 0 Å². The van der Waals surface area contributed by atoms with Crippen LogP contribution in [0.3, 0.4) is 0 Å². The first-order valence-electron chi connectivity index (χ1n) is 5.81. The Labute approximate surface area is 106 Å². The fourth-order valence-electron chi connectivity index (χ4n) is 1.77. The van der Waals surface area contributed by atoms with Gasteiger partial charge in [0.05, 0.1) is 6.61 Å². The first kappa shape index (κ1) is 12.5. The van der Waals surface area contributed by atoms with E-state index in [1.807, 2.05) is 19.2 Å². The zero-order chi connectivity index (χ0) is 12.3. The molecule has 1 aliphatic rings. The summed E-state index contributed by atoms with van der Waals surface area (Å²) >= 11 is 1.60. The predicted molar refractivity (Wildman–Crippen MR) is 69.1 cm³/mol. The first-order valence-corrected chi connectivity index (χ1v) is 6.69. The number of carbonyl (C=O) groups is 1. The standard InChI is InChI=1S/C13H17NO2S/c1-9(14-2)10-4-3-5-11(8-10)17-12-6-7-16-13(12)15/h3-5,8-9,12,14H,6-7H2,1-2H3. The van der Waals surface area contributed by atoms with Gasteiger partial charge in [0.1, 0.15) is 5.25 Å². The molecule has 1 saturated heterocycles. The van der Waals surface area contributed by atoms with E-state index in [-0.39, 0.29) is 11.2 Å². The molecule has 1 aromatic rings. The number of nitrogens with one attached hydrogen (secondary N) is 1. The zero-order valence-corrected chi connectivity index (χ0v) is 10.9. The number of rotatable bonds is 4. The van der Waals surface area contributed by atoms with Gasteiger partial charge in [-0.25, -0.2) is 0 Å². The minimum atomic E-state index is -0.0814. The fourth-order valence-corrected chi connectivity index (χ4v) is 2.84. The van der Waals surface area contributed by atoms with Crippen molar-refractivity contribution in [1.29, 1.82) is 0 Å². The van der Waals surface area contributed by atoms with Gasteiger partial charge in [-0.05, 0) is 31.7 Å². The van der Waals surface area contributed by atoms with Crippen LogP contribution in [-0.2, 0) is 9.53 Å². The number of hydrogen-bond donors (Lipinski definition) is 1. The number of hydrogen-bond acceptors (Lipinski definition) is 4. The molecule has 2 atom stereocenters. The lowest BCUT2D eigenvalue weighted by molar-refractivity contribution is -0.137. The summed E-state index contributed by atoms with van der Waals surface area (Å²) in [5.74, 6) is -0.0814. The van der Waals surface area contributed by atoms with Crippen molar-refractivity contribution in [1.82, 2.24) is 5.32 Å². The van der Waals surface area contributed by atoms with E-state index in [9.17, 15) is 4.79 Å². The Hall–Kier alpha value is -1.00. The van der Waals surface area contributed by atoms with Crippen LogP contribution in [0.2, 0.25) is 0 Å². The third kappa shape index (κ3) is 3.01. The topological polar surface area (TPSA) is 38.3 Å². The molecule has 0 amide bonds. The van der Waals surface area contributed by atoms with E-state index >= 15 is 0 Å². The second kappa shape index (κ2) is 5.56. The monoisotopic (exact) mass is 251 g/mol. The second-order valence-corrected chi connectivity index (χ2v) is 5.42. The Balaban J connectivity index is 2.08. The molecule has 0 radical (unpaired) electrons. The van der Waals surface area contributed by atoms with Crippen LogP contribution < -0.4 is 5.32 Å². The molecule has 0 bridgehead atoms. The van der Waals surface area contributed by atoms with Gasteiger partial charge >= 0.3 is 5.97 Å². The average Bonchev–Trinajstić information content (AvgIpc) is 2.74. The highest BCUT2D eigenvalue weighted by atomic mass is 32.2. The molecule has 17 heavy (non-hydrogen) atoms. The Bertz CT molecular complexity index is 408. The van der Waals surface area contributed by atoms with Crippen LogP contribution in [0, 0.1) is 0 Å². The van der Waals surface area contributed by atoms with E-state index in [0.29, 0.717) is 12.6 Å². The molecule has 92 valence electrons. The highest BCUT2D eigenvalue weighted by Crippen LogP contribution is 2.30. The molecule has 0 aliphatic carbocycles. The van der Waals surface area contributed by atoms with Crippen molar-refractivity contribution in [3.05, 3.63) is 29.8 Å². The fraction of sp³-hybridized carbons (Fsp3) is 0.462. The lowest BCUT2D eigenvalue weighted by atomic mass is 10.1. The van der Waals surface area contributed by atoms with Gasteiger partial charge in [0.15, 0.2) is 0 Å². The summed E-state index contributed by atoms with van der Waals surface area (Å²) in [6.45, 7) is 2.68. The van der Waals surface area contributed by atoms with Gasteiger partial charge in [0.25, 0.3) is 0 Å². The predicted octanol–water partition coefficient (Wildman–Crippen LogP) is 2.37. The number of benzene rings is 1. The molecule has 4 heteroatoms. The SMILES string of the molecule is CNC(C)c1cccc(SC2CCOC2=O)c1. The van der Waals surface area contributed by atoms with Crippen molar-refractivity contribution in [2.75, 3.05) is 13.7 Å². The summed E-state index contributed by atoms with van der Waals surface area (Å²) in [7, 11) is 1.94. The number of carbonyl (C=O) groups excluding carboxylic acids is 1. The van der Waals surface area contributed by atoms with Gasteiger partial charge in [-0.3, -0.25) is 4.79 Å². The van der Waals surface area contributed by atoms with E-state index in [4.69, 9.17) is 4.74 Å². The summed E-state index contributed by atoms with van der Waals surface area (Å²) in [6, 6.07) is 8.63. The van der Waals surface area contributed by atoms with Crippen molar-refractivity contribution in [3.8, 4) is 0 Å². The zero-order valence-electron chi connectivity index (χ0n) is 10.1. The van der Waals surface area contributed by atoms with E-state index in [2.05, 4.69) is 24.4 Å². The summed E-state index contributed by atoms with van der Waals surface area (Å²) in [6.07, 6.45) is 0.815. The Kier molecular flexibility index (Phi) is 4.07. The van der Waals surface area contributed by atoms with Crippen LogP contribution in [-0.4, -0.2) is 24.9 Å². The second-order valence-electron chi connectivity index (χ2n) is 4.15. The molecule has 1 N–H and O–H groups in total. The molecule has 1 fully saturated rings. The Morgan fingerprint density at radius 2 is 2.35 bits per heavy atom. The lowest BCUT2D eigenvalue weighted by Gasteiger charge is -2.12. The smallest absolute Gasteiger partial charge is 0.319 e. The number of esters is 1. The molecule has 0 spiro atoms. The molecule has 1 heterocycles. The molecule has 1 aromatic carbocycles. The van der Waals surface area contributed by atoms with Crippen LogP contribution in [0.15, 0.2) is 29.2 Å². The highest BCUT2D eigenvalue weighted by molar-refractivity contribution is 8.00. The maximum Gasteiger partial charge on any atom is 0.319 e. The molecule has 0 saturated carbocycles. The van der Waals surface area contributed by atoms with Crippen LogP contribution in [0.25, 0.3) is 0 Å². The van der Waals surface area contributed by atoms with Gasteiger partial charge in [0, 0.05) is 17.4 Å². The van der Waals surface area contributed by atoms with E-state index in [1.54, 1.807) is 11.8 Å². The maximum atomic E-state index is 11.4. The summed E-state index contributed by atoms with van der Waals surface area (Å²) in [5.41, 5.74) is 1.24. The number of thioether (sulfide) groups is 1. The summed E-state index contributed by atoms with van der Waals surface area (Å²) < 4.78 is 4.96. The molecular formula is C13H17NO2S. The van der Waals surface area contributed by atoms with Gasteiger partial charge in [-0.15, -0.1) is 11.8 Å². The van der Waals surface area contributed by atoms with Crippen LogP contribution >= 0.6 is 11.8 Å². The van der Waals surface area contributed by atoms with Crippen molar-refractivity contribution in [2.45, 2.75) is 29.5 Å². The van der Waals surface area contributed by atoms with E-state index in [1.165, 1.54) is 5.56 Å². The third-order valence-electron chi connectivity index (χ3n) is 2.96. The summed E-state index contributed by atoms with van der Waals surface area (Å²) in [4.78, 5) is 12.5. The average molecular weight is 251 g/mol. The van der Waals surface area contributed by atoms with Gasteiger partial charge in [-0.2, -0.15) is 0 Å². The summed E-state index contributed by atoms with van der Waals surface area (Å²) in [5, 5.41) is 3.18. The molecule has 1 aliphatic heterocycles. The first-order chi connectivity index (χ1) is 8.20. The largest absolute Gasteiger partial charge is 0.465 e. The van der Waals surface area contributed by atoms with Crippen molar-refractivity contribution < 1.29 is 9.53 Å².